The number of rotatable bonds is 4. The Bertz CT molecular complexity index is 398. The highest BCUT2D eigenvalue weighted by molar-refractivity contribution is 5.70. The predicted molar refractivity (Wildman–Crippen MR) is 48.4 cm³/mol. The summed E-state index contributed by atoms with van der Waals surface area (Å²) in [5.41, 5.74) is -0.0734. The van der Waals surface area contributed by atoms with E-state index in [0.717, 1.165) is 0 Å². The molecule has 0 aliphatic rings. The molecule has 1 rings (SSSR count). The second-order valence-electron chi connectivity index (χ2n) is 3.24. The fraction of sp³-hybridized carbons (Fsp3) is 0.500. The van der Waals surface area contributed by atoms with Gasteiger partial charge >= 0.3 is 11.7 Å². The summed E-state index contributed by atoms with van der Waals surface area (Å²) in [7, 11) is 0. The van der Waals surface area contributed by atoms with Crippen LogP contribution in [0.25, 0.3) is 0 Å². The summed E-state index contributed by atoms with van der Waals surface area (Å²) in [6.45, 7) is 2.89. The van der Waals surface area contributed by atoms with Crippen LogP contribution in [0.5, 0.6) is 0 Å². The maximum atomic E-state index is 10.6. The van der Waals surface area contributed by atoms with E-state index in [0.29, 0.717) is 0 Å². The van der Waals surface area contributed by atoms with Gasteiger partial charge in [0.2, 0.25) is 5.76 Å². The summed E-state index contributed by atoms with van der Waals surface area (Å²) in [6, 6.07) is 0. The van der Waals surface area contributed by atoms with Gasteiger partial charge in [-0.3, -0.25) is 14.9 Å². The molecule has 1 aromatic heterocycles. The number of nitrogens with zero attached hydrogens (tertiary/aromatic N) is 2. The zero-order valence-electron chi connectivity index (χ0n) is 8.26. The van der Waals surface area contributed by atoms with Crippen LogP contribution in [0.15, 0.2) is 4.52 Å². The Morgan fingerprint density at radius 1 is 1.73 bits per heavy atom. The molecule has 0 aliphatic carbocycles. The summed E-state index contributed by atoms with van der Waals surface area (Å²) in [6.07, 6.45) is -0.0352. The lowest BCUT2D eigenvalue weighted by Crippen LogP contribution is -2.12. The van der Waals surface area contributed by atoms with Gasteiger partial charge < -0.3 is 9.63 Å². The molecule has 0 spiro atoms. The average Bonchev–Trinajstić information content (AvgIpc) is 2.46. The summed E-state index contributed by atoms with van der Waals surface area (Å²) >= 11 is 0. The first-order valence-electron chi connectivity index (χ1n) is 4.25. The van der Waals surface area contributed by atoms with E-state index in [9.17, 15) is 14.9 Å². The van der Waals surface area contributed by atoms with Crippen LogP contribution < -0.4 is 0 Å². The third-order valence-corrected chi connectivity index (χ3v) is 2.00. The first-order chi connectivity index (χ1) is 6.93. The van der Waals surface area contributed by atoms with E-state index < -0.39 is 16.8 Å². The number of hydrogen-bond acceptors (Lipinski definition) is 5. The van der Waals surface area contributed by atoms with Crippen molar-refractivity contribution in [2.24, 2.45) is 5.92 Å². The van der Waals surface area contributed by atoms with E-state index in [4.69, 9.17) is 9.63 Å². The Kier molecular flexibility index (Phi) is 3.03. The number of aliphatic carboxylic acids is 1. The van der Waals surface area contributed by atoms with Crippen molar-refractivity contribution in [2.75, 3.05) is 0 Å². The van der Waals surface area contributed by atoms with Crippen LogP contribution in [-0.4, -0.2) is 21.2 Å². The van der Waals surface area contributed by atoms with E-state index in [-0.39, 0.29) is 23.6 Å². The molecule has 0 saturated carbocycles. The van der Waals surface area contributed by atoms with Crippen LogP contribution in [0, 0.1) is 23.0 Å². The molecular weight excluding hydrogens is 204 g/mol. The quantitative estimate of drug-likeness (QED) is 0.595. The van der Waals surface area contributed by atoms with Crippen molar-refractivity contribution in [2.45, 2.75) is 20.3 Å². The lowest BCUT2D eigenvalue weighted by molar-refractivity contribution is -0.386. The highest BCUT2D eigenvalue weighted by Crippen LogP contribution is 2.24. The van der Waals surface area contributed by atoms with Crippen molar-refractivity contribution in [1.29, 1.82) is 0 Å². The van der Waals surface area contributed by atoms with Crippen LogP contribution in [0.4, 0.5) is 5.69 Å². The van der Waals surface area contributed by atoms with Crippen LogP contribution in [0.3, 0.4) is 0 Å². The molecule has 1 atom stereocenters. The number of carbonyl (C=O) groups is 1. The third-order valence-electron chi connectivity index (χ3n) is 2.00. The maximum Gasteiger partial charge on any atom is 0.334 e. The minimum absolute atomic E-state index is 0.00685. The molecule has 1 heterocycles. The molecule has 1 N–H and O–H groups in total. The van der Waals surface area contributed by atoms with Crippen LogP contribution in [0.1, 0.15) is 18.4 Å². The van der Waals surface area contributed by atoms with Crippen molar-refractivity contribution in [1.82, 2.24) is 5.16 Å². The lowest BCUT2D eigenvalue weighted by atomic mass is 10.1. The fourth-order valence-corrected chi connectivity index (χ4v) is 1.15. The van der Waals surface area contributed by atoms with E-state index in [2.05, 4.69) is 5.16 Å². The van der Waals surface area contributed by atoms with Crippen LogP contribution in [0.2, 0.25) is 0 Å². The number of hydrogen-bond donors (Lipinski definition) is 1. The van der Waals surface area contributed by atoms with Crippen molar-refractivity contribution >= 4 is 11.7 Å². The molecule has 0 bridgehead atoms. The summed E-state index contributed by atoms with van der Waals surface area (Å²) in [5, 5.41) is 22.7. The van der Waals surface area contributed by atoms with Gasteiger partial charge in [-0.1, -0.05) is 12.1 Å². The molecule has 0 aromatic carbocycles. The molecule has 7 heteroatoms. The van der Waals surface area contributed by atoms with Crippen LogP contribution in [-0.2, 0) is 11.2 Å². The van der Waals surface area contributed by atoms with Gasteiger partial charge in [0, 0.05) is 6.42 Å². The molecule has 7 nitrogen and oxygen atoms in total. The van der Waals surface area contributed by atoms with Gasteiger partial charge in [-0.05, 0) is 6.92 Å². The van der Waals surface area contributed by atoms with Crippen molar-refractivity contribution in [3.05, 3.63) is 21.6 Å². The smallest absolute Gasteiger partial charge is 0.334 e. The number of aryl methyl sites for hydroxylation is 1. The second-order valence-corrected chi connectivity index (χ2v) is 3.24. The van der Waals surface area contributed by atoms with E-state index in [1.807, 2.05) is 0 Å². The summed E-state index contributed by atoms with van der Waals surface area (Å²) in [5.74, 6) is -1.76. The minimum atomic E-state index is -1.03. The Morgan fingerprint density at radius 3 is 2.80 bits per heavy atom. The highest BCUT2D eigenvalue weighted by Gasteiger charge is 2.27. The third kappa shape index (κ3) is 2.30. The molecule has 0 fully saturated rings. The zero-order chi connectivity index (χ0) is 11.6. The summed E-state index contributed by atoms with van der Waals surface area (Å²) in [4.78, 5) is 20.6. The maximum absolute atomic E-state index is 10.6. The molecule has 0 radical (unpaired) electrons. The minimum Gasteiger partial charge on any atom is -0.481 e. The Balaban J connectivity index is 2.95. The monoisotopic (exact) mass is 214 g/mol. The van der Waals surface area contributed by atoms with Gasteiger partial charge in [-0.2, -0.15) is 0 Å². The fourth-order valence-electron chi connectivity index (χ4n) is 1.15. The van der Waals surface area contributed by atoms with Crippen molar-refractivity contribution in [3.63, 3.8) is 0 Å². The molecule has 1 unspecified atom stereocenters. The molecule has 82 valence electrons. The molecule has 15 heavy (non-hydrogen) atoms. The van der Waals surface area contributed by atoms with Crippen LogP contribution >= 0.6 is 0 Å². The lowest BCUT2D eigenvalue weighted by Gasteiger charge is -2.01. The van der Waals surface area contributed by atoms with Gasteiger partial charge in [0.15, 0.2) is 5.69 Å². The second kappa shape index (κ2) is 4.07. The highest BCUT2D eigenvalue weighted by atomic mass is 16.6. The summed E-state index contributed by atoms with van der Waals surface area (Å²) < 4.78 is 4.72. The first-order valence-corrected chi connectivity index (χ1v) is 4.25. The van der Waals surface area contributed by atoms with E-state index >= 15 is 0 Å². The van der Waals surface area contributed by atoms with Gasteiger partial charge in [0.1, 0.15) is 0 Å². The average molecular weight is 214 g/mol. The van der Waals surface area contributed by atoms with Gasteiger partial charge in [0.05, 0.1) is 10.8 Å². The largest absolute Gasteiger partial charge is 0.481 e. The van der Waals surface area contributed by atoms with E-state index in [1.165, 1.54) is 13.8 Å². The first kappa shape index (κ1) is 11.2. The van der Waals surface area contributed by atoms with Gasteiger partial charge in [-0.15, -0.1) is 0 Å². The Morgan fingerprint density at radius 2 is 2.33 bits per heavy atom. The molecular formula is C8H10N2O5. The number of nitro groups is 1. The Labute approximate surface area is 84.8 Å². The van der Waals surface area contributed by atoms with Gasteiger partial charge in [-0.25, -0.2) is 0 Å². The molecule has 0 aliphatic heterocycles. The number of carboxylic acid groups (broad SMARTS) is 1. The topological polar surface area (TPSA) is 106 Å². The molecule has 1 aromatic rings. The predicted octanol–water partition coefficient (Wildman–Crippen LogP) is 1.15. The number of aromatic nitrogens is 1. The molecule has 0 saturated heterocycles. The number of carboxylic acids is 1. The zero-order valence-corrected chi connectivity index (χ0v) is 8.26. The van der Waals surface area contributed by atoms with Crippen molar-refractivity contribution in [3.8, 4) is 0 Å². The van der Waals surface area contributed by atoms with E-state index in [1.54, 1.807) is 0 Å². The Hall–Kier alpha value is -1.92. The van der Waals surface area contributed by atoms with Gasteiger partial charge in [0.25, 0.3) is 0 Å². The standard InChI is InChI=1S/C8H10N2O5/c1-4(8(11)12)3-6-7(10(13)14)5(2)9-15-6/h4H,3H2,1-2H3,(H,11,12). The molecule has 0 amide bonds. The van der Waals surface area contributed by atoms with Crippen molar-refractivity contribution < 1.29 is 19.3 Å². The normalized spacial score (nSPS) is 12.4. The SMILES string of the molecule is Cc1noc(CC(C)C(=O)O)c1[N+](=O)[O-].